The van der Waals surface area contributed by atoms with Gasteiger partial charge in [-0.1, -0.05) is 5.16 Å². The number of nitrogens with one attached hydrogen (secondary N) is 1. The van der Waals surface area contributed by atoms with Gasteiger partial charge >= 0.3 is 0 Å². The second-order valence-electron chi connectivity index (χ2n) is 9.30. The zero-order valence-electron chi connectivity index (χ0n) is 21.4. The molecule has 3 aromatic rings. The average molecular weight is 529 g/mol. The standard InChI is InChI=1S/C26H30F2N6O4/c1-16(35)5-8-29-25(36)23-21(27)12-20(13-22(23)28)37-11-3-4-18-6-9-34(10-7-18)26-30-14-19(15-31-26)24-32-17(2)38-33-24/h12-15,18H,3-11H2,1-2H3,(H,29,36). The Kier molecular flexibility index (Phi) is 8.93. The number of hydrogen-bond acceptors (Lipinski definition) is 9. The van der Waals surface area contributed by atoms with Gasteiger partial charge in [0.25, 0.3) is 5.91 Å². The molecule has 10 nitrogen and oxygen atoms in total. The summed E-state index contributed by atoms with van der Waals surface area (Å²) in [6.45, 7) is 5.09. The molecule has 0 bridgehead atoms. The van der Waals surface area contributed by atoms with Crippen molar-refractivity contribution in [2.75, 3.05) is 31.1 Å². The van der Waals surface area contributed by atoms with E-state index in [1.54, 1.807) is 19.3 Å². The smallest absolute Gasteiger partial charge is 0.257 e. The minimum Gasteiger partial charge on any atom is -0.493 e. The van der Waals surface area contributed by atoms with E-state index in [1.807, 2.05) is 0 Å². The first-order chi connectivity index (χ1) is 18.3. The monoisotopic (exact) mass is 528 g/mol. The molecule has 0 spiro atoms. The van der Waals surface area contributed by atoms with E-state index in [1.165, 1.54) is 6.92 Å². The summed E-state index contributed by atoms with van der Waals surface area (Å²) in [5, 5.41) is 6.22. The van der Waals surface area contributed by atoms with Gasteiger partial charge in [-0.25, -0.2) is 18.7 Å². The number of rotatable bonds is 11. The van der Waals surface area contributed by atoms with Crippen molar-refractivity contribution in [3.05, 3.63) is 47.6 Å². The van der Waals surface area contributed by atoms with Crippen LogP contribution in [0.2, 0.25) is 0 Å². The molecule has 38 heavy (non-hydrogen) atoms. The van der Waals surface area contributed by atoms with Gasteiger partial charge in [-0.05, 0) is 38.5 Å². The topological polar surface area (TPSA) is 123 Å². The van der Waals surface area contributed by atoms with E-state index in [-0.39, 0.29) is 24.5 Å². The predicted molar refractivity (Wildman–Crippen MR) is 134 cm³/mol. The van der Waals surface area contributed by atoms with Crippen molar-refractivity contribution >= 4 is 17.6 Å². The molecule has 202 valence electrons. The molecule has 1 fully saturated rings. The van der Waals surface area contributed by atoms with Gasteiger partial charge in [-0.3, -0.25) is 9.59 Å². The molecule has 0 unspecified atom stereocenters. The zero-order chi connectivity index (χ0) is 27.1. The summed E-state index contributed by atoms with van der Waals surface area (Å²) in [7, 11) is 0. The molecule has 0 atom stereocenters. The highest BCUT2D eigenvalue weighted by molar-refractivity contribution is 5.95. The van der Waals surface area contributed by atoms with E-state index in [2.05, 4.69) is 30.3 Å². The Balaban J connectivity index is 1.18. The SMILES string of the molecule is CC(=O)CCNC(=O)c1c(F)cc(OCCCC2CCN(c3ncc(-c4noc(C)n4)cn3)CC2)cc1F. The molecule has 12 heteroatoms. The Morgan fingerprint density at radius 3 is 2.45 bits per heavy atom. The summed E-state index contributed by atoms with van der Waals surface area (Å²) in [5.41, 5.74) is 0.0130. The molecule has 3 heterocycles. The Morgan fingerprint density at radius 2 is 1.84 bits per heavy atom. The van der Waals surface area contributed by atoms with Crippen molar-refractivity contribution in [3.63, 3.8) is 0 Å². The first-order valence-corrected chi connectivity index (χ1v) is 12.6. The lowest BCUT2D eigenvalue weighted by atomic mass is 9.92. The second kappa shape index (κ2) is 12.5. The number of halogens is 2. The number of ketones is 1. The molecule has 0 radical (unpaired) electrons. The van der Waals surface area contributed by atoms with Crippen molar-refractivity contribution in [1.82, 2.24) is 25.4 Å². The Bertz CT molecular complexity index is 1240. The van der Waals surface area contributed by atoms with Gasteiger partial charge in [-0.2, -0.15) is 4.98 Å². The van der Waals surface area contributed by atoms with Crippen molar-refractivity contribution in [3.8, 4) is 17.1 Å². The molecule has 0 saturated carbocycles. The van der Waals surface area contributed by atoms with Crippen molar-refractivity contribution in [1.29, 1.82) is 0 Å². The number of ether oxygens (including phenoxy) is 1. The molecule has 4 rings (SSSR count). The number of nitrogens with zero attached hydrogens (tertiary/aromatic N) is 5. The summed E-state index contributed by atoms with van der Waals surface area (Å²) < 4.78 is 39.3. The van der Waals surface area contributed by atoms with Crippen LogP contribution in [0, 0.1) is 24.5 Å². The van der Waals surface area contributed by atoms with Crippen LogP contribution in [0.4, 0.5) is 14.7 Å². The van der Waals surface area contributed by atoms with Crippen LogP contribution in [0.1, 0.15) is 55.3 Å². The highest BCUT2D eigenvalue weighted by Crippen LogP contribution is 2.26. The fourth-order valence-electron chi connectivity index (χ4n) is 4.29. The van der Waals surface area contributed by atoms with Gasteiger partial charge in [0.05, 0.1) is 12.2 Å². The quantitative estimate of drug-likeness (QED) is 0.369. The Labute approximate surface area is 218 Å². The summed E-state index contributed by atoms with van der Waals surface area (Å²) >= 11 is 0. The summed E-state index contributed by atoms with van der Waals surface area (Å²) in [5.74, 6) is -0.890. The molecular weight excluding hydrogens is 498 g/mol. The molecule has 1 aromatic carbocycles. The number of hydrogen-bond donors (Lipinski definition) is 1. The number of carbonyl (C=O) groups is 2. The molecule has 1 aliphatic rings. The van der Waals surface area contributed by atoms with Gasteiger partial charge in [0.15, 0.2) is 0 Å². The van der Waals surface area contributed by atoms with Gasteiger partial charge in [0.1, 0.15) is 28.7 Å². The molecular formula is C26H30F2N6O4. The number of Topliss-reactive ketones (excluding diaryl/α,β-unsaturated/α-hetero) is 1. The molecule has 2 aromatic heterocycles. The number of benzene rings is 1. The normalized spacial score (nSPS) is 13.9. The fraction of sp³-hybridized carbons (Fsp3) is 0.462. The minimum atomic E-state index is -1.00. The van der Waals surface area contributed by atoms with Gasteiger partial charge in [-0.15, -0.1) is 0 Å². The number of piperidine rings is 1. The van der Waals surface area contributed by atoms with Crippen molar-refractivity contribution < 1.29 is 27.6 Å². The van der Waals surface area contributed by atoms with E-state index in [4.69, 9.17) is 9.26 Å². The van der Waals surface area contributed by atoms with Crippen LogP contribution in [0.15, 0.2) is 29.0 Å². The Morgan fingerprint density at radius 1 is 1.16 bits per heavy atom. The maximum atomic E-state index is 14.4. The van der Waals surface area contributed by atoms with Crippen LogP contribution in [-0.2, 0) is 4.79 Å². The highest BCUT2D eigenvalue weighted by atomic mass is 19.1. The summed E-state index contributed by atoms with van der Waals surface area (Å²) in [4.78, 5) is 38.2. The van der Waals surface area contributed by atoms with E-state index in [9.17, 15) is 18.4 Å². The van der Waals surface area contributed by atoms with Crippen LogP contribution in [0.3, 0.4) is 0 Å². The lowest BCUT2D eigenvalue weighted by molar-refractivity contribution is -0.116. The van der Waals surface area contributed by atoms with Crippen LogP contribution in [-0.4, -0.2) is 58.0 Å². The lowest BCUT2D eigenvalue weighted by Crippen LogP contribution is -2.34. The predicted octanol–water partition coefficient (Wildman–Crippen LogP) is 3.90. The van der Waals surface area contributed by atoms with Gasteiger partial charge in [0, 0.05) is 57.5 Å². The first kappa shape index (κ1) is 27.1. The van der Waals surface area contributed by atoms with Crippen LogP contribution in [0.5, 0.6) is 5.75 Å². The van der Waals surface area contributed by atoms with E-state index in [0.717, 1.165) is 50.9 Å². The Hall–Kier alpha value is -3.96. The van der Waals surface area contributed by atoms with Crippen LogP contribution < -0.4 is 15.0 Å². The third-order valence-electron chi connectivity index (χ3n) is 6.35. The van der Waals surface area contributed by atoms with Crippen molar-refractivity contribution in [2.24, 2.45) is 5.92 Å². The molecule has 0 aliphatic carbocycles. The first-order valence-electron chi connectivity index (χ1n) is 12.6. The van der Waals surface area contributed by atoms with E-state index >= 15 is 0 Å². The van der Waals surface area contributed by atoms with Gasteiger partial charge in [0.2, 0.25) is 17.7 Å². The zero-order valence-corrected chi connectivity index (χ0v) is 21.4. The number of amides is 1. The third kappa shape index (κ3) is 7.08. The second-order valence-corrected chi connectivity index (χ2v) is 9.30. The molecule has 1 saturated heterocycles. The third-order valence-corrected chi connectivity index (χ3v) is 6.35. The lowest BCUT2D eigenvalue weighted by Gasteiger charge is -2.32. The summed E-state index contributed by atoms with van der Waals surface area (Å²) in [6, 6.07) is 2.01. The molecule has 1 amide bonds. The number of carbonyl (C=O) groups excluding carboxylic acids is 2. The van der Waals surface area contributed by atoms with Crippen LogP contribution in [0.25, 0.3) is 11.4 Å². The number of aryl methyl sites for hydroxylation is 1. The summed E-state index contributed by atoms with van der Waals surface area (Å²) in [6.07, 6.45) is 7.09. The highest BCUT2D eigenvalue weighted by Gasteiger charge is 2.22. The maximum absolute atomic E-state index is 14.4. The fourth-order valence-corrected chi connectivity index (χ4v) is 4.29. The minimum absolute atomic E-state index is 0.0186. The molecule has 1 N–H and O–H groups in total. The van der Waals surface area contributed by atoms with Crippen molar-refractivity contribution in [2.45, 2.75) is 46.0 Å². The number of anilines is 1. The maximum Gasteiger partial charge on any atom is 0.257 e. The van der Waals surface area contributed by atoms with Crippen LogP contribution >= 0.6 is 0 Å². The molecule has 1 aliphatic heterocycles. The van der Waals surface area contributed by atoms with E-state index < -0.39 is 23.1 Å². The van der Waals surface area contributed by atoms with E-state index in [0.29, 0.717) is 35.8 Å². The van der Waals surface area contributed by atoms with Gasteiger partial charge < -0.3 is 19.5 Å². The average Bonchev–Trinajstić information content (AvgIpc) is 3.33. The largest absolute Gasteiger partial charge is 0.493 e. The number of aromatic nitrogens is 4.